The molecule has 0 atom stereocenters. The quantitative estimate of drug-likeness (QED) is 0.899. The van der Waals surface area contributed by atoms with E-state index < -0.39 is 0 Å². The van der Waals surface area contributed by atoms with Crippen LogP contribution in [0.1, 0.15) is 22.8 Å². The zero-order valence-electron chi connectivity index (χ0n) is 11.4. The summed E-state index contributed by atoms with van der Waals surface area (Å²) in [7, 11) is 0. The molecule has 0 aliphatic heterocycles. The molecule has 0 aliphatic carbocycles. The standard InChI is InChI=1S/C16H16BrNO2/c1-3-20-14-8-6-13(7-9-14)18-16(19)15-10-12(17)5-4-11(15)2/h4-10H,3H2,1-2H3,(H,18,19). The predicted molar refractivity (Wildman–Crippen MR) is 84.4 cm³/mol. The third-order valence-electron chi connectivity index (χ3n) is 2.87. The molecular formula is C16H16BrNO2. The Morgan fingerprint density at radius 3 is 2.55 bits per heavy atom. The van der Waals surface area contributed by atoms with E-state index in [0.29, 0.717) is 12.2 Å². The van der Waals surface area contributed by atoms with Gasteiger partial charge < -0.3 is 10.1 Å². The Morgan fingerprint density at radius 2 is 1.90 bits per heavy atom. The molecule has 0 radical (unpaired) electrons. The maximum Gasteiger partial charge on any atom is 0.255 e. The number of amides is 1. The molecule has 0 saturated carbocycles. The van der Waals surface area contributed by atoms with Gasteiger partial charge >= 0.3 is 0 Å². The number of carbonyl (C=O) groups excluding carboxylic acids is 1. The maximum absolute atomic E-state index is 12.2. The van der Waals surface area contributed by atoms with Gasteiger partial charge in [-0.05, 0) is 55.8 Å². The third-order valence-corrected chi connectivity index (χ3v) is 3.36. The van der Waals surface area contributed by atoms with Gasteiger partial charge in [-0.3, -0.25) is 4.79 Å². The van der Waals surface area contributed by atoms with Crippen molar-refractivity contribution >= 4 is 27.5 Å². The highest BCUT2D eigenvalue weighted by molar-refractivity contribution is 9.10. The number of carbonyl (C=O) groups is 1. The van der Waals surface area contributed by atoms with Gasteiger partial charge in [0.05, 0.1) is 6.61 Å². The Balaban J connectivity index is 2.13. The van der Waals surface area contributed by atoms with Gasteiger partial charge in [-0.1, -0.05) is 22.0 Å². The zero-order chi connectivity index (χ0) is 14.5. The van der Waals surface area contributed by atoms with Crippen LogP contribution in [0.15, 0.2) is 46.9 Å². The average Bonchev–Trinajstić information content (AvgIpc) is 2.44. The van der Waals surface area contributed by atoms with Crippen LogP contribution in [0.3, 0.4) is 0 Å². The van der Waals surface area contributed by atoms with E-state index in [0.717, 1.165) is 21.5 Å². The van der Waals surface area contributed by atoms with Crippen LogP contribution in [0.4, 0.5) is 5.69 Å². The summed E-state index contributed by atoms with van der Waals surface area (Å²) in [6.45, 7) is 4.48. The summed E-state index contributed by atoms with van der Waals surface area (Å²) in [6.07, 6.45) is 0. The molecule has 2 aromatic rings. The van der Waals surface area contributed by atoms with E-state index in [1.807, 2.05) is 56.3 Å². The normalized spacial score (nSPS) is 10.2. The van der Waals surface area contributed by atoms with Gasteiger partial charge in [0.1, 0.15) is 5.75 Å². The maximum atomic E-state index is 12.2. The molecule has 0 spiro atoms. The van der Waals surface area contributed by atoms with Gasteiger partial charge in [0.25, 0.3) is 5.91 Å². The van der Waals surface area contributed by atoms with Crippen molar-refractivity contribution in [3.05, 3.63) is 58.1 Å². The Morgan fingerprint density at radius 1 is 1.20 bits per heavy atom. The average molecular weight is 334 g/mol. The number of rotatable bonds is 4. The summed E-state index contributed by atoms with van der Waals surface area (Å²) in [5, 5.41) is 2.88. The second-order valence-electron chi connectivity index (χ2n) is 4.37. The number of benzene rings is 2. The van der Waals surface area contributed by atoms with E-state index >= 15 is 0 Å². The Kier molecular flexibility index (Phi) is 4.79. The van der Waals surface area contributed by atoms with Crippen LogP contribution in [-0.4, -0.2) is 12.5 Å². The van der Waals surface area contributed by atoms with Crippen molar-refractivity contribution in [3.8, 4) is 5.75 Å². The minimum absolute atomic E-state index is 0.118. The van der Waals surface area contributed by atoms with Crippen LogP contribution in [0.25, 0.3) is 0 Å². The largest absolute Gasteiger partial charge is 0.494 e. The highest BCUT2D eigenvalue weighted by Crippen LogP contribution is 2.19. The Hall–Kier alpha value is -1.81. The molecular weight excluding hydrogens is 318 g/mol. The molecule has 0 saturated heterocycles. The van der Waals surface area contributed by atoms with E-state index in [9.17, 15) is 4.79 Å². The molecule has 0 unspecified atom stereocenters. The summed E-state index contributed by atoms with van der Waals surface area (Å²) in [4.78, 5) is 12.2. The molecule has 0 bridgehead atoms. The van der Waals surface area contributed by atoms with E-state index in [4.69, 9.17) is 4.74 Å². The zero-order valence-corrected chi connectivity index (χ0v) is 13.0. The smallest absolute Gasteiger partial charge is 0.255 e. The molecule has 1 amide bonds. The fourth-order valence-electron chi connectivity index (χ4n) is 1.84. The molecule has 0 heterocycles. The minimum atomic E-state index is -0.118. The first-order chi connectivity index (χ1) is 9.60. The van der Waals surface area contributed by atoms with E-state index in [2.05, 4.69) is 21.2 Å². The molecule has 0 aromatic heterocycles. The lowest BCUT2D eigenvalue weighted by atomic mass is 10.1. The van der Waals surface area contributed by atoms with Crippen molar-refractivity contribution in [3.63, 3.8) is 0 Å². The first-order valence-electron chi connectivity index (χ1n) is 6.40. The molecule has 1 N–H and O–H groups in total. The Labute approximate surface area is 127 Å². The third kappa shape index (κ3) is 3.61. The number of nitrogens with one attached hydrogen (secondary N) is 1. The molecule has 4 heteroatoms. The van der Waals surface area contributed by atoms with Crippen molar-refractivity contribution in [1.82, 2.24) is 0 Å². The van der Waals surface area contributed by atoms with Crippen molar-refractivity contribution in [2.24, 2.45) is 0 Å². The monoisotopic (exact) mass is 333 g/mol. The van der Waals surface area contributed by atoms with Gasteiger partial charge in [-0.25, -0.2) is 0 Å². The summed E-state index contributed by atoms with van der Waals surface area (Å²) in [5.41, 5.74) is 2.35. The van der Waals surface area contributed by atoms with E-state index in [1.165, 1.54) is 0 Å². The number of hydrogen-bond acceptors (Lipinski definition) is 2. The number of aryl methyl sites for hydroxylation is 1. The second kappa shape index (κ2) is 6.57. The van der Waals surface area contributed by atoms with Crippen LogP contribution in [-0.2, 0) is 0 Å². The summed E-state index contributed by atoms with van der Waals surface area (Å²) in [5.74, 6) is 0.678. The molecule has 2 aromatic carbocycles. The molecule has 0 fully saturated rings. The molecule has 0 aliphatic rings. The summed E-state index contributed by atoms with van der Waals surface area (Å²) in [6, 6.07) is 13.0. The molecule has 104 valence electrons. The number of hydrogen-bond donors (Lipinski definition) is 1. The van der Waals surface area contributed by atoms with Crippen LogP contribution in [0, 0.1) is 6.92 Å². The van der Waals surface area contributed by atoms with Gasteiger partial charge in [0.15, 0.2) is 0 Å². The number of ether oxygens (including phenoxy) is 1. The molecule has 2 rings (SSSR count). The second-order valence-corrected chi connectivity index (χ2v) is 5.29. The van der Waals surface area contributed by atoms with E-state index in [-0.39, 0.29) is 5.91 Å². The fraction of sp³-hybridized carbons (Fsp3) is 0.188. The fourth-order valence-corrected chi connectivity index (χ4v) is 2.20. The van der Waals surface area contributed by atoms with Gasteiger partial charge in [0.2, 0.25) is 0 Å². The highest BCUT2D eigenvalue weighted by Gasteiger charge is 2.09. The number of halogens is 1. The predicted octanol–water partition coefficient (Wildman–Crippen LogP) is 4.41. The lowest BCUT2D eigenvalue weighted by molar-refractivity contribution is 0.102. The Bertz CT molecular complexity index is 608. The van der Waals surface area contributed by atoms with Gasteiger partial charge in [-0.2, -0.15) is 0 Å². The lowest BCUT2D eigenvalue weighted by Crippen LogP contribution is -2.13. The number of anilines is 1. The van der Waals surface area contributed by atoms with Crippen molar-refractivity contribution < 1.29 is 9.53 Å². The summed E-state index contributed by atoms with van der Waals surface area (Å²) >= 11 is 3.38. The minimum Gasteiger partial charge on any atom is -0.494 e. The van der Waals surface area contributed by atoms with Crippen LogP contribution in [0.2, 0.25) is 0 Å². The molecule has 20 heavy (non-hydrogen) atoms. The van der Waals surface area contributed by atoms with Gasteiger partial charge in [0, 0.05) is 15.7 Å². The highest BCUT2D eigenvalue weighted by atomic mass is 79.9. The van der Waals surface area contributed by atoms with Gasteiger partial charge in [-0.15, -0.1) is 0 Å². The van der Waals surface area contributed by atoms with Crippen LogP contribution >= 0.6 is 15.9 Å². The van der Waals surface area contributed by atoms with Crippen molar-refractivity contribution in [1.29, 1.82) is 0 Å². The lowest BCUT2D eigenvalue weighted by Gasteiger charge is -2.09. The van der Waals surface area contributed by atoms with Crippen molar-refractivity contribution in [2.45, 2.75) is 13.8 Å². The summed E-state index contributed by atoms with van der Waals surface area (Å²) < 4.78 is 6.26. The topological polar surface area (TPSA) is 38.3 Å². The van der Waals surface area contributed by atoms with Crippen LogP contribution < -0.4 is 10.1 Å². The van der Waals surface area contributed by atoms with Crippen molar-refractivity contribution in [2.75, 3.05) is 11.9 Å². The van der Waals surface area contributed by atoms with Crippen LogP contribution in [0.5, 0.6) is 5.75 Å². The first kappa shape index (κ1) is 14.6. The SMILES string of the molecule is CCOc1ccc(NC(=O)c2cc(Br)ccc2C)cc1. The first-order valence-corrected chi connectivity index (χ1v) is 7.20. The molecule has 3 nitrogen and oxygen atoms in total. The van der Waals surface area contributed by atoms with E-state index in [1.54, 1.807) is 0 Å².